The lowest BCUT2D eigenvalue weighted by atomic mass is 10.1. The molecule has 0 bridgehead atoms. The van der Waals surface area contributed by atoms with E-state index < -0.39 is 0 Å². The number of hydrogen-bond donors (Lipinski definition) is 1. The van der Waals surface area contributed by atoms with Crippen LogP contribution in [0.4, 0.5) is 5.69 Å². The maximum absolute atomic E-state index is 12.5. The summed E-state index contributed by atoms with van der Waals surface area (Å²) in [5.41, 5.74) is 3.40. The average molecular weight is 408 g/mol. The Morgan fingerprint density at radius 1 is 1.03 bits per heavy atom. The average Bonchev–Trinajstić information content (AvgIpc) is 2.78. The summed E-state index contributed by atoms with van der Waals surface area (Å²) in [4.78, 5) is 28.6. The van der Waals surface area contributed by atoms with E-state index in [1.807, 2.05) is 41.3 Å². The number of carbonyl (C=O) groups is 2. The van der Waals surface area contributed by atoms with E-state index in [1.54, 1.807) is 13.2 Å². The van der Waals surface area contributed by atoms with Gasteiger partial charge >= 0.3 is 0 Å². The minimum absolute atomic E-state index is 0.0823. The topological polar surface area (TPSA) is 61.9 Å². The smallest absolute Gasteiger partial charge is 0.244 e. The van der Waals surface area contributed by atoms with Gasteiger partial charge in [-0.05, 0) is 42.3 Å². The molecule has 1 heterocycles. The number of anilines is 1. The molecule has 1 aliphatic rings. The number of nitrogens with zero attached hydrogens (tertiary/aromatic N) is 2. The molecule has 3 rings (SSSR count). The fraction of sp³-hybridized carbons (Fsp3) is 0.333. The van der Waals surface area contributed by atoms with Crippen LogP contribution < -0.4 is 15.0 Å². The number of rotatable bonds is 7. The summed E-state index contributed by atoms with van der Waals surface area (Å²) in [6, 6.07) is 15.8. The maximum Gasteiger partial charge on any atom is 0.244 e. The second-order valence-electron chi connectivity index (χ2n) is 7.30. The van der Waals surface area contributed by atoms with E-state index >= 15 is 0 Å². The molecule has 0 unspecified atom stereocenters. The molecule has 2 aromatic rings. The molecule has 6 heteroatoms. The number of piperazine rings is 1. The first kappa shape index (κ1) is 21.4. The molecule has 0 atom stereocenters. The molecule has 0 aromatic heterocycles. The molecule has 0 saturated carbocycles. The van der Waals surface area contributed by atoms with Crippen molar-refractivity contribution < 1.29 is 14.3 Å². The zero-order chi connectivity index (χ0) is 21.3. The van der Waals surface area contributed by atoms with E-state index in [1.165, 1.54) is 17.3 Å². The van der Waals surface area contributed by atoms with Gasteiger partial charge in [-0.25, -0.2) is 0 Å². The third kappa shape index (κ3) is 5.86. The van der Waals surface area contributed by atoms with Gasteiger partial charge < -0.3 is 19.9 Å². The number of amides is 2. The van der Waals surface area contributed by atoms with Gasteiger partial charge in [0.2, 0.25) is 11.8 Å². The van der Waals surface area contributed by atoms with Gasteiger partial charge in [0.05, 0.1) is 7.11 Å². The second-order valence-corrected chi connectivity index (χ2v) is 7.30. The first-order valence-electron chi connectivity index (χ1n) is 10.2. The van der Waals surface area contributed by atoms with Crippen molar-refractivity contribution >= 4 is 23.6 Å². The summed E-state index contributed by atoms with van der Waals surface area (Å²) in [5.74, 6) is 0.650. The summed E-state index contributed by atoms with van der Waals surface area (Å²) >= 11 is 0. The third-order valence-electron chi connectivity index (χ3n) is 5.27. The number of benzene rings is 2. The number of ether oxygens (including phenoxy) is 1. The zero-order valence-corrected chi connectivity index (χ0v) is 17.6. The van der Waals surface area contributed by atoms with Crippen LogP contribution in [0.15, 0.2) is 54.6 Å². The Morgan fingerprint density at radius 3 is 2.40 bits per heavy atom. The standard InChI is InChI=1S/C24H29N3O3/c1-19-5-3-4-6-22(19)26-15-17-27(18-16-26)24(29)13-14-25-23(28)12-9-20-7-10-21(30-2)11-8-20/h3-12H,13-18H2,1-2H3,(H,25,28)/b12-9+. The van der Waals surface area contributed by atoms with Gasteiger partial charge in [-0.15, -0.1) is 0 Å². The lowest BCUT2D eigenvalue weighted by Crippen LogP contribution is -2.49. The zero-order valence-electron chi connectivity index (χ0n) is 17.6. The normalized spacial score (nSPS) is 14.1. The summed E-state index contributed by atoms with van der Waals surface area (Å²) in [6.45, 7) is 5.51. The molecular formula is C24H29N3O3. The van der Waals surface area contributed by atoms with Gasteiger partial charge in [0.25, 0.3) is 0 Å². The Bertz CT molecular complexity index is 885. The lowest BCUT2D eigenvalue weighted by molar-refractivity contribution is -0.131. The fourth-order valence-electron chi connectivity index (χ4n) is 3.51. The van der Waals surface area contributed by atoms with Crippen LogP contribution in [0.5, 0.6) is 5.75 Å². The van der Waals surface area contributed by atoms with Gasteiger partial charge in [-0.2, -0.15) is 0 Å². The van der Waals surface area contributed by atoms with Crippen LogP contribution in [0.3, 0.4) is 0 Å². The second kappa shape index (κ2) is 10.5. The van der Waals surface area contributed by atoms with Crippen molar-refractivity contribution in [2.24, 2.45) is 0 Å². The quantitative estimate of drug-likeness (QED) is 0.717. The largest absolute Gasteiger partial charge is 0.497 e. The fourth-order valence-corrected chi connectivity index (χ4v) is 3.51. The van der Waals surface area contributed by atoms with Crippen LogP contribution >= 0.6 is 0 Å². The van der Waals surface area contributed by atoms with Crippen molar-refractivity contribution in [2.45, 2.75) is 13.3 Å². The third-order valence-corrected chi connectivity index (χ3v) is 5.27. The predicted octanol–water partition coefficient (Wildman–Crippen LogP) is 2.87. The molecule has 0 aliphatic carbocycles. The van der Waals surface area contributed by atoms with Crippen molar-refractivity contribution in [3.63, 3.8) is 0 Å². The number of carbonyl (C=O) groups excluding carboxylic acids is 2. The minimum Gasteiger partial charge on any atom is -0.497 e. The van der Waals surface area contributed by atoms with E-state index in [9.17, 15) is 9.59 Å². The summed E-state index contributed by atoms with van der Waals surface area (Å²) in [7, 11) is 1.61. The molecular weight excluding hydrogens is 378 g/mol. The molecule has 2 aromatic carbocycles. The SMILES string of the molecule is COc1ccc(/C=C/C(=O)NCCC(=O)N2CCN(c3ccccc3C)CC2)cc1. The number of nitrogens with one attached hydrogen (secondary N) is 1. The monoisotopic (exact) mass is 407 g/mol. The Hall–Kier alpha value is -3.28. The van der Waals surface area contributed by atoms with E-state index in [0.717, 1.165) is 24.4 Å². The Morgan fingerprint density at radius 2 is 1.73 bits per heavy atom. The van der Waals surface area contributed by atoms with E-state index in [-0.39, 0.29) is 11.8 Å². The molecule has 6 nitrogen and oxygen atoms in total. The first-order valence-corrected chi connectivity index (χ1v) is 10.2. The van der Waals surface area contributed by atoms with Crippen molar-refractivity contribution in [1.82, 2.24) is 10.2 Å². The summed E-state index contributed by atoms with van der Waals surface area (Å²) in [6.07, 6.45) is 3.53. The molecule has 0 spiro atoms. The van der Waals surface area contributed by atoms with Crippen LogP contribution in [0.25, 0.3) is 6.08 Å². The molecule has 158 valence electrons. The molecule has 1 fully saturated rings. The van der Waals surface area contributed by atoms with Crippen molar-refractivity contribution in [1.29, 1.82) is 0 Å². The van der Waals surface area contributed by atoms with Crippen LogP contribution in [0.1, 0.15) is 17.5 Å². The van der Waals surface area contributed by atoms with Gasteiger partial charge in [0.15, 0.2) is 0 Å². The van der Waals surface area contributed by atoms with Crippen LogP contribution in [-0.4, -0.2) is 56.5 Å². The molecule has 2 amide bonds. The van der Waals surface area contributed by atoms with E-state index in [0.29, 0.717) is 26.1 Å². The Kier molecular flexibility index (Phi) is 7.49. The highest BCUT2D eigenvalue weighted by molar-refractivity contribution is 5.92. The highest BCUT2D eigenvalue weighted by atomic mass is 16.5. The van der Waals surface area contributed by atoms with Crippen molar-refractivity contribution in [3.8, 4) is 5.75 Å². The first-order chi connectivity index (χ1) is 14.6. The van der Waals surface area contributed by atoms with Crippen molar-refractivity contribution in [2.75, 3.05) is 44.7 Å². The van der Waals surface area contributed by atoms with Gasteiger partial charge in [0.1, 0.15) is 5.75 Å². The molecule has 1 saturated heterocycles. The summed E-state index contributed by atoms with van der Waals surface area (Å²) < 4.78 is 5.11. The predicted molar refractivity (Wildman–Crippen MR) is 120 cm³/mol. The Labute approximate surface area is 178 Å². The van der Waals surface area contributed by atoms with Crippen LogP contribution in [-0.2, 0) is 9.59 Å². The molecule has 0 radical (unpaired) electrons. The number of methoxy groups -OCH3 is 1. The Balaban J connectivity index is 1.38. The molecule has 30 heavy (non-hydrogen) atoms. The van der Waals surface area contributed by atoms with Crippen LogP contribution in [0, 0.1) is 6.92 Å². The summed E-state index contributed by atoms with van der Waals surface area (Å²) in [5, 5.41) is 2.78. The maximum atomic E-state index is 12.5. The molecule has 1 aliphatic heterocycles. The van der Waals surface area contributed by atoms with Gasteiger partial charge in [-0.1, -0.05) is 30.3 Å². The highest BCUT2D eigenvalue weighted by Crippen LogP contribution is 2.20. The van der Waals surface area contributed by atoms with E-state index in [2.05, 4.69) is 29.3 Å². The van der Waals surface area contributed by atoms with Gasteiger partial charge in [0, 0.05) is 50.9 Å². The lowest BCUT2D eigenvalue weighted by Gasteiger charge is -2.36. The highest BCUT2D eigenvalue weighted by Gasteiger charge is 2.21. The van der Waals surface area contributed by atoms with E-state index in [4.69, 9.17) is 4.74 Å². The molecule has 1 N–H and O–H groups in total. The number of para-hydroxylation sites is 1. The number of aryl methyl sites for hydroxylation is 1. The number of hydrogen-bond acceptors (Lipinski definition) is 4. The minimum atomic E-state index is -0.206. The van der Waals surface area contributed by atoms with Crippen LogP contribution in [0.2, 0.25) is 0 Å². The van der Waals surface area contributed by atoms with Crippen molar-refractivity contribution in [3.05, 3.63) is 65.7 Å². The van der Waals surface area contributed by atoms with Gasteiger partial charge in [-0.3, -0.25) is 9.59 Å².